The van der Waals surface area contributed by atoms with Gasteiger partial charge in [-0.3, -0.25) is 9.59 Å². The Morgan fingerprint density at radius 1 is 0.391 bits per heavy atom. The summed E-state index contributed by atoms with van der Waals surface area (Å²) in [5.41, 5.74) is 4.73. The van der Waals surface area contributed by atoms with Crippen molar-refractivity contribution in [2.45, 2.75) is 142 Å². The lowest BCUT2D eigenvalue weighted by Gasteiger charge is -2.25. The van der Waals surface area contributed by atoms with E-state index in [-0.39, 0.29) is 11.8 Å². The second-order valence-corrected chi connectivity index (χ2v) is 13.5. The highest BCUT2D eigenvalue weighted by Crippen LogP contribution is 2.46. The van der Waals surface area contributed by atoms with Gasteiger partial charge in [-0.2, -0.15) is 0 Å². The molecule has 2 amide bonds. The molecule has 0 atom stereocenters. The van der Waals surface area contributed by atoms with Crippen molar-refractivity contribution in [1.29, 1.82) is 0 Å². The number of hydrogen-bond donors (Lipinski definition) is 0. The van der Waals surface area contributed by atoms with Gasteiger partial charge in [-0.1, -0.05) is 190 Å². The highest BCUT2D eigenvalue weighted by molar-refractivity contribution is 6.30. The maximum absolute atomic E-state index is 14.3. The van der Waals surface area contributed by atoms with Crippen molar-refractivity contribution in [3.8, 4) is 0 Å². The summed E-state index contributed by atoms with van der Waals surface area (Å²) in [5, 5.41) is 0. The van der Waals surface area contributed by atoms with Gasteiger partial charge in [0, 0.05) is 13.1 Å². The first-order valence-corrected chi connectivity index (χ1v) is 18.9. The standard InChI is InChI=1S/C42H60N2O2/c1-3-5-7-9-11-13-15-17-19-27-33-43-39(35-29-23-21-24-30-35)37-38(41(43)45)40(36-31-25-22-26-32-36)44(42(37)46)34-28-20-18-16-14-12-10-8-6-4-2/h21-26,29-32H,3-20,27-28,33-34H2,1-2H3. The lowest BCUT2D eigenvalue weighted by molar-refractivity contribution is -0.124. The number of benzene rings is 2. The Morgan fingerprint density at radius 3 is 0.978 bits per heavy atom. The van der Waals surface area contributed by atoms with Crippen molar-refractivity contribution in [2.75, 3.05) is 13.1 Å². The van der Waals surface area contributed by atoms with E-state index in [1.807, 2.05) is 70.5 Å². The van der Waals surface area contributed by atoms with Crippen LogP contribution in [0.5, 0.6) is 0 Å². The Bertz CT molecular complexity index is 1160. The summed E-state index contributed by atoms with van der Waals surface area (Å²) in [6.07, 6.45) is 25.1. The van der Waals surface area contributed by atoms with Crippen LogP contribution in [0.3, 0.4) is 0 Å². The molecule has 0 fully saturated rings. The SMILES string of the molecule is CCCCCCCCCCCCN1C(=O)C2=C(c3ccccc3)N(CCCCCCCCCCCC)C(=O)C2=C1c1ccccc1. The van der Waals surface area contributed by atoms with Crippen molar-refractivity contribution in [1.82, 2.24) is 9.80 Å². The van der Waals surface area contributed by atoms with Crippen LogP contribution in [-0.2, 0) is 9.59 Å². The molecule has 2 aliphatic rings. The fourth-order valence-electron chi connectivity index (χ4n) is 7.13. The van der Waals surface area contributed by atoms with Crippen LogP contribution in [0.4, 0.5) is 0 Å². The van der Waals surface area contributed by atoms with Crippen LogP contribution in [0, 0.1) is 0 Å². The lowest BCUT2D eigenvalue weighted by atomic mass is 10.0. The van der Waals surface area contributed by atoms with E-state index in [0.29, 0.717) is 24.2 Å². The molecule has 0 N–H and O–H groups in total. The Hall–Kier alpha value is -3.14. The minimum absolute atomic E-state index is 0.0115. The minimum Gasteiger partial charge on any atom is -0.307 e. The normalized spacial score (nSPS) is 14.7. The van der Waals surface area contributed by atoms with Gasteiger partial charge in [-0.25, -0.2) is 0 Å². The van der Waals surface area contributed by atoms with Crippen molar-refractivity contribution in [3.63, 3.8) is 0 Å². The summed E-state index contributed by atoms with van der Waals surface area (Å²) in [6, 6.07) is 20.2. The summed E-state index contributed by atoms with van der Waals surface area (Å²) in [5.74, 6) is -0.0230. The molecule has 0 unspecified atom stereocenters. The summed E-state index contributed by atoms with van der Waals surface area (Å²) in [7, 11) is 0. The Balaban J connectivity index is 1.44. The third kappa shape index (κ3) is 9.93. The number of carbonyl (C=O) groups excluding carboxylic acids is 2. The Labute approximate surface area is 280 Å². The molecule has 0 aliphatic carbocycles. The van der Waals surface area contributed by atoms with Gasteiger partial charge in [0.1, 0.15) is 0 Å². The summed E-state index contributed by atoms with van der Waals surface area (Å²) >= 11 is 0. The van der Waals surface area contributed by atoms with Gasteiger partial charge < -0.3 is 9.80 Å². The molecule has 2 aromatic rings. The van der Waals surface area contributed by atoms with E-state index >= 15 is 0 Å². The molecule has 250 valence electrons. The largest absolute Gasteiger partial charge is 0.307 e. The first-order valence-electron chi connectivity index (χ1n) is 18.9. The van der Waals surface area contributed by atoms with Crippen LogP contribution >= 0.6 is 0 Å². The average molecular weight is 625 g/mol. The van der Waals surface area contributed by atoms with Crippen LogP contribution in [0.25, 0.3) is 11.4 Å². The Kier molecular flexibility index (Phi) is 15.7. The molecule has 2 aromatic carbocycles. The van der Waals surface area contributed by atoms with Crippen molar-refractivity contribution in [2.24, 2.45) is 0 Å². The molecule has 0 aromatic heterocycles. The smallest absolute Gasteiger partial charge is 0.261 e. The fourth-order valence-corrected chi connectivity index (χ4v) is 7.13. The maximum Gasteiger partial charge on any atom is 0.261 e. The van der Waals surface area contributed by atoms with E-state index in [1.54, 1.807) is 0 Å². The molecule has 0 bridgehead atoms. The van der Waals surface area contributed by atoms with E-state index in [0.717, 1.165) is 48.2 Å². The van der Waals surface area contributed by atoms with Crippen molar-refractivity contribution < 1.29 is 9.59 Å². The molecule has 0 spiro atoms. The molecule has 46 heavy (non-hydrogen) atoms. The van der Waals surface area contributed by atoms with E-state index in [2.05, 4.69) is 13.8 Å². The number of rotatable bonds is 24. The first kappa shape index (κ1) is 35.7. The first-order chi connectivity index (χ1) is 22.7. The van der Waals surface area contributed by atoms with Gasteiger partial charge in [0.25, 0.3) is 11.8 Å². The van der Waals surface area contributed by atoms with E-state index in [4.69, 9.17) is 0 Å². The van der Waals surface area contributed by atoms with E-state index in [1.165, 1.54) is 103 Å². The van der Waals surface area contributed by atoms with Crippen LogP contribution < -0.4 is 0 Å². The zero-order valence-corrected chi connectivity index (χ0v) is 29.0. The number of hydrogen-bond acceptors (Lipinski definition) is 2. The number of nitrogens with zero attached hydrogens (tertiary/aromatic N) is 2. The van der Waals surface area contributed by atoms with Crippen LogP contribution in [0.2, 0.25) is 0 Å². The maximum atomic E-state index is 14.3. The van der Waals surface area contributed by atoms with Gasteiger partial charge in [0.05, 0.1) is 22.5 Å². The predicted octanol–water partition coefficient (Wildman–Crippen LogP) is 11.3. The molecule has 4 rings (SSSR count). The number of fused-ring (bicyclic) bond motifs is 1. The van der Waals surface area contributed by atoms with Gasteiger partial charge in [-0.15, -0.1) is 0 Å². The molecule has 0 saturated carbocycles. The zero-order valence-electron chi connectivity index (χ0n) is 29.0. The molecule has 0 radical (unpaired) electrons. The highest BCUT2D eigenvalue weighted by atomic mass is 16.2. The third-order valence-electron chi connectivity index (χ3n) is 9.75. The minimum atomic E-state index is -0.0115. The second kappa shape index (κ2) is 20.2. The lowest BCUT2D eigenvalue weighted by Crippen LogP contribution is -2.31. The summed E-state index contributed by atoms with van der Waals surface area (Å²) in [4.78, 5) is 32.5. The highest BCUT2D eigenvalue weighted by Gasteiger charge is 2.48. The topological polar surface area (TPSA) is 40.6 Å². The second-order valence-electron chi connectivity index (χ2n) is 13.5. The summed E-state index contributed by atoms with van der Waals surface area (Å²) in [6.45, 7) is 5.84. The molecule has 4 nitrogen and oxygen atoms in total. The average Bonchev–Trinajstić information content (AvgIpc) is 3.53. The molecule has 2 heterocycles. The zero-order chi connectivity index (χ0) is 32.4. The van der Waals surface area contributed by atoms with Crippen LogP contribution in [0.1, 0.15) is 153 Å². The predicted molar refractivity (Wildman–Crippen MR) is 194 cm³/mol. The van der Waals surface area contributed by atoms with Gasteiger partial charge >= 0.3 is 0 Å². The van der Waals surface area contributed by atoms with Gasteiger partial charge in [-0.05, 0) is 24.0 Å². The molecular formula is C42H60N2O2. The number of carbonyl (C=O) groups is 2. The van der Waals surface area contributed by atoms with E-state index < -0.39 is 0 Å². The quantitative estimate of drug-likeness (QED) is 0.109. The van der Waals surface area contributed by atoms with Crippen LogP contribution in [-0.4, -0.2) is 34.7 Å². The molecular weight excluding hydrogens is 564 g/mol. The molecule has 2 aliphatic heterocycles. The Morgan fingerprint density at radius 2 is 0.674 bits per heavy atom. The molecule has 4 heteroatoms. The van der Waals surface area contributed by atoms with Crippen molar-refractivity contribution >= 4 is 23.2 Å². The van der Waals surface area contributed by atoms with Gasteiger partial charge in [0.15, 0.2) is 0 Å². The number of amides is 2. The molecule has 0 saturated heterocycles. The number of unbranched alkanes of at least 4 members (excludes halogenated alkanes) is 18. The van der Waals surface area contributed by atoms with E-state index in [9.17, 15) is 9.59 Å². The van der Waals surface area contributed by atoms with Crippen LogP contribution in [0.15, 0.2) is 71.8 Å². The van der Waals surface area contributed by atoms with Gasteiger partial charge in [0.2, 0.25) is 0 Å². The van der Waals surface area contributed by atoms with Crippen molar-refractivity contribution in [3.05, 3.63) is 82.9 Å². The fraction of sp³-hybridized carbons (Fsp3) is 0.571. The summed E-state index contributed by atoms with van der Waals surface area (Å²) < 4.78 is 0. The third-order valence-corrected chi connectivity index (χ3v) is 9.75. The monoisotopic (exact) mass is 624 g/mol.